The van der Waals surface area contributed by atoms with Crippen LogP contribution in [0.25, 0.3) is 0 Å². The molecule has 2 rings (SSSR count). The van der Waals surface area contributed by atoms with E-state index in [9.17, 15) is 0 Å². The van der Waals surface area contributed by atoms with Gasteiger partial charge in [0, 0.05) is 12.2 Å². The summed E-state index contributed by atoms with van der Waals surface area (Å²) in [5.41, 5.74) is 1.13. The van der Waals surface area contributed by atoms with Crippen LogP contribution in [0.3, 0.4) is 0 Å². The van der Waals surface area contributed by atoms with Crippen LogP contribution in [0.15, 0.2) is 22.9 Å². The van der Waals surface area contributed by atoms with E-state index in [0.29, 0.717) is 6.04 Å². The summed E-state index contributed by atoms with van der Waals surface area (Å²) in [5.74, 6) is 0. The third kappa shape index (κ3) is 3.20. The van der Waals surface area contributed by atoms with Gasteiger partial charge in [-0.15, -0.1) is 0 Å². The first-order valence-electron chi connectivity index (χ1n) is 5.73. The molecule has 1 aromatic rings. The van der Waals surface area contributed by atoms with Crippen LogP contribution in [0.1, 0.15) is 38.5 Å². The maximum Gasteiger partial charge on any atom is 0.129 e. The highest BCUT2D eigenvalue weighted by Gasteiger charge is 2.12. The van der Waals surface area contributed by atoms with E-state index in [2.05, 4.69) is 32.3 Å². The van der Waals surface area contributed by atoms with E-state index >= 15 is 0 Å². The van der Waals surface area contributed by atoms with Crippen LogP contribution < -0.4 is 5.32 Å². The fourth-order valence-corrected chi connectivity index (χ4v) is 2.50. The van der Waals surface area contributed by atoms with Crippen molar-refractivity contribution in [2.75, 3.05) is 5.32 Å². The van der Waals surface area contributed by atoms with Crippen LogP contribution in [0, 0.1) is 0 Å². The van der Waals surface area contributed by atoms with E-state index in [-0.39, 0.29) is 0 Å². The van der Waals surface area contributed by atoms with E-state index in [1.807, 2.05) is 12.3 Å². The van der Waals surface area contributed by atoms with Gasteiger partial charge in [0.2, 0.25) is 0 Å². The molecule has 0 aromatic carbocycles. The van der Waals surface area contributed by atoms with Crippen molar-refractivity contribution in [3.05, 3.63) is 22.9 Å². The molecule has 1 heterocycles. The van der Waals surface area contributed by atoms with Crippen molar-refractivity contribution in [2.45, 2.75) is 44.6 Å². The van der Waals surface area contributed by atoms with E-state index in [1.54, 1.807) is 0 Å². The van der Waals surface area contributed by atoms with E-state index in [4.69, 9.17) is 0 Å². The zero-order valence-corrected chi connectivity index (χ0v) is 10.5. The number of hydrogen-bond acceptors (Lipinski definition) is 2. The molecule has 1 N–H and O–H groups in total. The molecule has 0 amide bonds. The highest BCUT2D eigenvalue weighted by molar-refractivity contribution is 9.10. The van der Waals surface area contributed by atoms with Gasteiger partial charge in [-0.05, 0) is 40.9 Å². The molecule has 0 spiro atoms. The van der Waals surface area contributed by atoms with Gasteiger partial charge in [0.25, 0.3) is 0 Å². The molecule has 0 aliphatic heterocycles. The molecule has 0 bridgehead atoms. The highest BCUT2D eigenvalue weighted by Crippen LogP contribution is 2.24. The summed E-state index contributed by atoms with van der Waals surface area (Å²) in [6.45, 7) is 0. The van der Waals surface area contributed by atoms with Crippen molar-refractivity contribution >= 4 is 21.6 Å². The first-order valence-corrected chi connectivity index (χ1v) is 6.52. The second-order valence-electron chi connectivity index (χ2n) is 4.17. The van der Waals surface area contributed by atoms with Crippen LogP contribution in [0.5, 0.6) is 0 Å². The van der Waals surface area contributed by atoms with Crippen LogP contribution in [0.2, 0.25) is 0 Å². The van der Waals surface area contributed by atoms with Gasteiger partial charge in [-0.25, -0.2) is 4.98 Å². The highest BCUT2D eigenvalue weighted by atomic mass is 79.9. The Morgan fingerprint density at radius 1 is 1.20 bits per heavy atom. The third-order valence-corrected chi connectivity index (χ3v) is 3.61. The lowest BCUT2D eigenvalue weighted by atomic mass is 10.1. The smallest absolute Gasteiger partial charge is 0.129 e. The number of hydrogen-bond donors (Lipinski definition) is 1. The molecule has 1 aliphatic carbocycles. The number of halogens is 1. The Morgan fingerprint density at radius 3 is 2.60 bits per heavy atom. The SMILES string of the molecule is Brc1ncccc1NC1CCCCCC1. The number of nitrogens with one attached hydrogen (secondary N) is 1. The average Bonchev–Trinajstić information content (AvgIpc) is 2.50. The van der Waals surface area contributed by atoms with Crippen LogP contribution in [-0.2, 0) is 0 Å². The Hall–Kier alpha value is -0.570. The Kier molecular flexibility index (Phi) is 4.01. The minimum Gasteiger partial charge on any atom is -0.380 e. The standard InChI is InChI=1S/C12H17BrN2/c13-12-11(8-5-9-14-12)15-10-6-3-1-2-4-7-10/h5,8-10,15H,1-4,6-7H2. The predicted octanol–water partition coefficient (Wildman–Crippen LogP) is 3.98. The molecule has 15 heavy (non-hydrogen) atoms. The predicted molar refractivity (Wildman–Crippen MR) is 67.0 cm³/mol. The Bertz CT molecular complexity index is 306. The number of anilines is 1. The lowest BCUT2D eigenvalue weighted by Gasteiger charge is -2.18. The first-order chi connectivity index (χ1) is 7.36. The van der Waals surface area contributed by atoms with Crippen molar-refractivity contribution < 1.29 is 0 Å². The molecular weight excluding hydrogens is 252 g/mol. The number of pyridine rings is 1. The zero-order chi connectivity index (χ0) is 10.5. The van der Waals surface area contributed by atoms with Gasteiger partial charge in [-0.3, -0.25) is 0 Å². The van der Waals surface area contributed by atoms with Crippen molar-refractivity contribution in [2.24, 2.45) is 0 Å². The topological polar surface area (TPSA) is 24.9 Å². The molecule has 1 fully saturated rings. The van der Waals surface area contributed by atoms with Gasteiger partial charge in [-0.2, -0.15) is 0 Å². The Balaban J connectivity index is 1.98. The minimum absolute atomic E-state index is 0.632. The second kappa shape index (κ2) is 5.50. The molecule has 0 unspecified atom stereocenters. The Labute approximate surface area is 99.6 Å². The molecule has 82 valence electrons. The number of rotatable bonds is 2. The third-order valence-electron chi connectivity index (χ3n) is 2.97. The quantitative estimate of drug-likeness (QED) is 0.649. The summed E-state index contributed by atoms with van der Waals surface area (Å²) in [6.07, 6.45) is 9.90. The van der Waals surface area contributed by atoms with Crippen molar-refractivity contribution in [3.63, 3.8) is 0 Å². The molecule has 1 aromatic heterocycles. The van der Waals surface area contributed by atoms with Crippen LogP contribution >= 0.6 is 15.9 Å². The van der Waals surface area contributed by atoms with Crippen molar-refractivity contribution in [1.82, 2.24) is 4.98 Å². The van der Waals surface area contributed by atoms with E-state index < -0.39 is 0 Å². The average molecular weight is 269 g/mol. The largest absolute Gasteiger partial charge is 0.380 e. The summed E-state index contributed by atoms with van der Waals surface area (Å²) in [5, 5.41) is 3.58. The maximum atomic E-state index is 4.22. The number of nitrogens with zero attached hydrogens (tertiary/aromatic N) is 1. The molecular formula is C12H17BrN2. The lowest BCUT2D eigenvalue weighted by molar-refractivity contribution is 0.619. The molecule has 3 heteroatoms. The molecule has 1 aliphatic rings. The van der Waals surface area contributed by atoms with Gasteiger partial charge in [0.05, 0.1) is 5.69 Å². The van der Waals surface area contributed by atoms with Crippen molar-refractivity contribution in [3.8, 4) is 0 Å². The van der Waals surface area contributed by atoms with Gasteiger partial charge >= 0.3 is 0 Å². The maximum absolute atomic E-state index is 4.22. The van der Waals surface area contributed by atoms with Gasteiger partial charge in [0.1, 0.15) is 4.60 Å². The van der Waals surface area contributed by atoms with Gasteiger partial charge in [-0.1, -0.05) is 25.7 Å². The summed E-state index contributed by atoms with van der Waals surface area (Å²) >= 11 is 3.47. The lowest BCUT2D eigenvalue weighted by Crippen LogP contribution is -2.18. The summed E-state index contributed by atoms with van der Waals surface area (Å²) in [4.78, 5) is 4.22. The fourth-order valence-electron chi connectivity index (χ4n) is 2.14. The molecule has 0 atom stereocenters. The molecule has 1 saturated carbocycles. The van der Waals surface area contributed by atoms with Gasteiger partial charge in [0.15, 0.2) is 0 Å². The van der Waals surface area contributed by atoms with Crippen molar-refractivity contribution in [1.29, 1.82) is 0 Å². The summed E-state index contributed by atoms with van der Waals surface area (Å²) in [7, 11) is 0. The molecule has 0 radical (unpaired) electrons. The molecule has 0 saturated heterocycles. The monoisotopic (exact) mass is 268 g/mol. The van der Waals surface area contributed by atoms with Gasteiger partial charge < -0.3 is 5.32 Å². The molecule has 2 nitrogen and oxygen atoms in total. The Morgan fingerprint density at radius 2 is 1.93 bits per heavy atom. The summed E-state index contributed by atoms with van der Waals surface area (Å²) < 4.78 is 0.925. The zero-order valence-electron chi connectivity index (χ0n) is 8.88. The van der Waals surface area contributed by atoms with E-state index in [0.717, 1.165) is 10.3 Å². The van der Waals surface area contributed by atoms with Crippen LogP contribution in [0.4, 0.5) is 5.69 Å². The normalized spacial score (nSPS) is 18.5. The number of aromatic nitrogens is 1. The summed E-state index contributed by atoms with van der Waals surface area (Å²) in [6, 6.07) is 4.69. The second-order valence-corrected chi connectivity index (χ2v) is 4.93. The van der Waals surface area contributed by atoms with Crippen LogP contribution in [-0.4, -0.2) is 11.0 Å². The minimum atomic E-state index is 0.632. The first kappa shape index (κ1) is 10.9. The van der Waals surface area contributed by atoms with E-state index in [1.165, 1.54) is 38.5 Å². The fraction of sp³-hybridized carbons (Fsp3) is 0.583.